The van der Waals surface area contributed by atoms with Gasteiger partial charge in [0.1, 0.15) is 5.75 Å². The molecule has 112 valence electrons. The first-order valence-corrected chi connectivity index (χ1v) is 8.75. The third-order valence-corrected chi connectivity index (χ3v) is 6.21. The minimum atomic E-state index is -3.31. The Hall–Kier alpha value is -1.07. The first-order chi connectivity index (χ1) is 9.59. The second kappa shape index (κ2) is 6.59. The van der Waals surface area contributed by atoms with Gasteiger partial charge in [0.15, 0.2) is 9.84 Å². The number of hydrogen-bond donors (Lipinski definition) is 1. The largest absolute Gasteiger partial charge is 0.497 e. The van der Waals surface area contributed by atoms with Gasteiger partial charge in [0.25, 0.3) is 0 Å². The molecule has 5 heteroatoms. The van der Waals surface area contributed by atoms with Crippen LogP contribution in [-0.2, 0) is 9.84 Å². The maximum absolute atomic E-state index is 12.8. The Morgan fingerprint density at radius 3 is 2.75 bits per heavy atom. The summed E-state index contributed by atoms with van der Waals surface area (Å²) >= 11 is 0. The molecule has 2 unspecified atom stereocenters. The molecule has 1 N–H and O–H groups in total. The van der Waals surface area contributed by atoms with E-state index >= 15 is 0 Å². The standard InChI is InChI=1S/C15H23NO3S/c1-3-16-14-9-4-5-10-15(14)20(17,18)13-8-6-7-12(11-13)19-2/h6-8,11,14-16H,3-5,9-10H2,1-2H3. The van der Waals surface area contributed by atoms with E-state index in [1.807, 2.05) is 6.92 Å². The van der Waals surface area contributed by atoms with Gasteiger partial charge in [-0.05, 0) is 37.6 Å². The molecule has 1 fully saturated rings. The summed E-state index contributed by atoms with van der Waals surface area (Å²) in [6.07, 6.45) is 3.75. The van der Waals surface area contributed by atoms with E-state index in [0.29, 0.717) is 10.6 Å². The highest BCUT2D eigenvalue weighted by Crippen LogP contribution is 2.30. The topological polar surface area (TPSA) is 55.4 Å². The van der Waals surface area contributed by atoms with Crippen LogP contribution in [0.2, 0.25) is 0 Å². The Morgan fingerprint density at radius 2 is 2.05 bits per heavy atom. The molecular weight excluding hydrogens is 274 g/mol. The van der Waals surface area contributed by atoms with Crippen molar-refractivity contribution < 1.29 is 13.2 Å². The molecule has 1 aliphatic rings. The van der Waals surface area contributed by atoms with Gasteiger partial charge in [-0.25, -0.2) is 8.42 Å². The molecule has 20 heavy (non-hydrogen) atoms. The molecule has 0 spiro atoms. The van der Waals surface area contributed by atoms with Gasteiger partial charge in [-0.1, -0.05) is 25.8 Å². The first-order valence-electron chi connectivity index (χ1n) is 7.21. The lowest BCUT2D eigenvalue weighted by Gasteiger charge is -2.31. The minimum absolute atomic E-state index is 0.0601. The van der Waals surface area contributed by atoms with Gasteiger partial charge in [0, 0.05) is 6.04 Å². The van der Waals surface area contributed by atoms with Crippen LogP contribution >= 0.6 is 0 Å². The number of benzene rings is 1. The molecule has 1 saturated carbocycles. The molecule has 0 heterocycles. The van der Waals surface area contributed by atoms with Crippen molar-refractivity contribution in [3.63, 3.8) is 0 Å². The lowest BCUT2D eigenvalue weighted by Crippen LogP contribution is -2.46. The molecule has 0 radical (unpaired) electrons. The van der Waals surface area contributed by atoms with Crippen molar-refractivity contribution in [2.24, 2.45) is 0 Å². The fraction of sp³-hybridized carbons (Fsp3) is 0.600. The number of methoxy groups -OCH3 is 1. The van der Waals surface area contributed by atoms with Crippen LogP contribution in [0.3, 0.4) is 0 Å². The van der Waals surface area contributed by atoms with Gasteiger partial charge in [0.05, 0.1) is 17.3 Å². The average Bonchev–Trinajstić information content (AvgIpc) is 2.48. The highest BCUT2D eigenvalue weighted by atomic mass is 32.2. The van der Waals surface area contributed by atoms with Crippen LogP contribution in [0.5, 0.6) is 5.75 Å². The summed E-state index contributed by atoms with van der Waals surface area (Å²) in [5.74, 6) is 0.585. The molecule has 4 nitrogen and oxygen atoms in total. The van der Waals surface area contributed by atoms with E-state index in [0.717, 1.165) is 32.2 Å². The highest BCUT2D eigenvalue weighted by molar-refractivity contribution is 7.92. The normalized spacial score (nSPS) is 23.5. The summed E-state index contributed by atoms with van der Waals surface area (Å²) in [7, 11) is -1.76. The molecule has 2 atom stereocenters. The van der Waals surface area contributed by atoms with Crippen LogP contribution in [0.1, 0.15) is 32.6 Å². The van der Waals surface area contributed by atoms with E-state index in [4.69, 9.17) is 4.74 Å². The number of rotatable bonds is 5. The van der Waals surface area contributed by atoms with Gasteiger partial charge in [-0.15, -0.1) is 0 Å². The van der Waals surface area contributed by atoms with Crippen molar-refractivity contribution in [2.75, 3.05) is 13.7 Å². The third kappa shape index (κ3) is 3.15. The first kappa shape index (κ1) is 15.3. The van der Waals surface area contributed by atoms with Crippen molar-refractivity contribution >= 4 is 9.84 Å². The van der Waals surface area contributed by atoms with Crippen LogP contribution < -0.4 is 10.1 Å². The van der Waals surface area contributed by atoms with E-state index in [2.05, 4.69) is 5.32 Å². The lowest BCUT2D eigenvalue weighted by atomic mass is 9.95. The van der Waals surface area contributed by atoms with Crippen molar-refractivity contribution in [3.8, 4) is 5.75 Å². The Balaban J connectivity index is 2.31. The fourth-order valence-electron chi connectivity index (χ4n) is 2.92. The Kier molecular flexibility index (Phi) is 5.05. The van der Waals surface area contributed by atoms with Crippen LogP contribution in [0.4, 0.5) is 0 Å². The number of sulfone groups is 1. The van der Waals surface area contributed by atoms with E-state index < -0.39 is 9.84 Å². The van der Waals surface area contributed by atoms with Gasteiger partial charge < -0.3 is 10.1 Å². The van der Waals surface area contributed by atoms with Gasteiger partial charge in [-0.3, -0.25) is 0 Å². The van der Waals surface area contributed by atoms with Crippen LogP contribution in [0.15, 0.2) is 29.2 Å². The highest BCUT2D eigenvalue weighted by Gasteiger charge is 2.36. The Bertz CT molecular complexity index is 540. The number of hydrogen-bond acceptors (Lipinski definition) is 4. The molecule has 0 aromatic heterocycles. The van der Waals surface area contributed by atoms with E-state index in [1.54, 1.807) is 31.4 Å². The van der Waals surface area contributed by atoms with Gasteiger partial charge in [-0.2, -0.15) is 0 Å². The predicted molar refractivity (Wildman–Crippen MR) is 79.9 cm³/mol. The molecule has 1 aromatic rings. The molecule has 0 bridgehead atoms. The van der Waals surface area contributed by atoms with E-state index in [9.17, 15) is 8.42 Å². The van der Waals surface area contributed by atoms with Gasteiger partial charge in [0.2, 0.25) is 0 Å². The summed E-state index contributed by atoms with van der Waals surface area (Å²) in [6, 6.07) is 6.84. The summed E-state index contributed by atoms with van der Waals surface area (Å²) in [4.78, 5) is 0.367. The third-order valence-electron chi connectivity index (χ3n) is 3.94. The number of ether oxygens (including phenoxy) is 1. The summed E-state index contributed by atoms with van der Waals surface area (Å²) < 4.78 is 30.8. The van der Waals surface area contributed by atoms with Crippen LogP contribution in [0.25, 0.3) is 0 Å². The van der Waals surface area contributed by atoms with Crippen LogP contribution in [0, 0.1) is 0 Å². The zero-order valence-corrected chi connectivity index (χ0v) is 12.9. The molecule has 0 saturated heterocycles. The molecule has 1 aliphatic carbocycles. The quantitative estimate of drug-likeness (QED) is 0.906. The van der Waals surface area contributed by atoms with Crippen molar-refractivity contribution in [1.29, 1.82) is 0 Å². The maximum Gasteiger partial charge on any atom is 0.182 e. The SMILES string of the molecule is CCNC1CCCCC1S(=O)(=O)c1cccc(OC)c1. The van der Waals surface area contributed by atoms with E-state index in [-0.39, 0.29) is 11.3 Å². The Morgan fingerprint density at radius 1 is 1.30 bits per heavy atom. The molecule has 1 aromatic carbocycles. The average molecular weight is 297 g/mol. The summed E-state index contributed by atoms with van der Waals surface area (Å²) in [5, 5.41) is 3.00. The molecule has 0 amide bonds. The van der Waals surface area contributed by atoms with Crippen molar-refractivity contribution in [3.05, 3.63) is 24.3 Å². The van der Waals surface area contributed by atoms with Crippen LogP contribution in [-0.4, -0.2) is 33.4 Å². The second-order valence-electron chi connectivity index (χ2n) is 5.21. The lowest BCUT2D eigenvalue weighted by molar-refractivity contribution is 0.376. The molecule has 2 rings (SSSR count). The Labute approximate surface area is 121 Å². The molecule has 0 aliphatic heterocycles. The zero-order valence-electron chi connectivity index (χ0n) is 12.1. The predicted octanol–water partition coefficient (Wildman–Crippen LogP) is 2.39. The maximum atomic E-state index is 12.8. The smallest absolute Gasteiger partial charge is 0.182 e. The summed E-state index contributed by atoms with van der Waals surface area (Å²) in [6.45, 7) is 2.82. The zero-order chi connectivity index (χ0) is 14.6. The van der Waals surface area contributed by atoms with Gasteiger partial charge >= 0.3 is 0 Å². The van der Waals surface area contributed by atoms with Crippen molar-refractivity contribution in [1.82, 2.24) is 5.32 Å². The fourth-order valence-corrected chi connectivity index (χ4v) is 4.96. The number of nitrogens with one attached hydrogen (secondary N) is 1. The second-order valence-corrected chi connectivity index (χ2v) is 7.38. The molecular formula is C15H23NO3S. The van der Waals surface area contributed by atoms with Crippen molar-refractivity contribution in [2.45, 2.75) is 48.8 Å². The van der Waals surface area contributed by atoms with E-state index in [1.165, 1.54) is 0 Å². The monoisotopic (exact) mass is 297 g/mol. The minimum Gasteiger partial charge on any atom is -0.497 e. The summed E-state index contributed by atoms with van der Waals surface area (Å²) in [5.41, 5.74) is 0.